The monoisotopic (exact) mass is 470 g/mol. The molecule has 0 bridgehead atoms. The fourth-order valence-corrected chi connectivity index (χ4v) is 5.92. The molecule has 28 heavy (non-hydrogen) atoms. The third kappa shape index (κ3) is 3.05. The third-order valence-electron chi connectivity index (χ3n) is 4.62. The van der Waals surface area contributed by atoms with Gasteiger partial charge in [0.25, 0.3) is 0 Å². The highest BCUT2D eigenvalue weighted by molar-refractivity contribution is 9.10. The molecule has 0 unspecified atom stereocenters. The number of para-hydroxylation sites is 1. The van der Waals surface area contributed by atoms with E-state index in [1.807, 2.05) is 43.3 Å². The van der Waals surface area contributed by atoms with E-state index >= 15 is 0 Å². The highest BCUT2D eigenvalue weighted by atomic mass is 79.9. The molecule has 0 aliphatic carbocycles. The summed E-state index contributed by atoms with van der Waals surface area (Å²) in [5.74, 6) is 1.09. The number of aryl methyl sites for hydroxylation is 1. The van der Waals surface area contributed by atoms with Crippen LogP contribution in [0.3, 0.4) is 0 Å². The van der Waals surface area contributed by atoms with Crippen molar-refractivity contribution in [1.82, 2.24) is 14.8 Å². The molecule has 1 N–H and O–H groups in total. The Morgan fingerprint density at radius 1 is 1.21 bits per heavy atom. The molecule has 1 atom stereocenters. The summed E-state index contributed by atoms with van der Waals surface area (Å²) < 4.78 is 3.90. The van der Waals surface area contributed by atoms with E-state index in [0.29, 0.717) is 5.75 Å². The van der Waals surface area contributed by atoms with E-state index < -0.39 is 0 Å². The zero-order valence-electron chi connectivity index (χ0n) is 14.8. The Morgan fingerprint density at radius 2 is 2.07 bits per heavy atom. The number of nitrogens with zero attached hydrogens (tertiary/aromatic N) is 3. The number of halogens is 1. The van der Waals surface area contributed by atoms with Gasteiger partial charge in [-0.25, -0.2) is 4.98 Å². The van der Waals surface area contributed by atoms with Crippen molar-refractivity contribution in [2.75, 3.05) is 11.1 Å². The van der Waals surface area contributed by atoms with E-state index in [0.717, 1.165) is 42.5 Å². The van der Waals surface area contributed by atoms with Crippen LogP contribution < -0.4 is 5.32 Å². The highest BCUT2D eigenvalue weighted by Gasteiger charge is 2.31. The minimum atomic E-state index is -0.0222. The average molecular weight is 471 g/mol. The number of hydrogen-bond acceptors (Lipinski definition) is 5. The van der Waals surface area contributed by atoms with Crippen molar-refractivity contribution in [1.29, 1.82) is 0 Å². The Morgan fingerprint density at radius 3 is 2.89 bits per heavy atom. The standard InChI is InChI=1S/C20H15BrN4OS2/c1-11-17-18(12-5-4-6-13(21)9-12)27-10-16(26)23-19(17)25(24-11)20-22-14-7-2-3-8-15(14)28-20/h2-9,18H,10H2,1H3,(H,23,26)/t18-/m0/s1. The predicted octanol–water partition coefficient (Wildman–Crippen LogP) is 5.33. The van der Waals surface area contributed by atoms with Crippen LogP contribution in [0, 0.1) is 6.92 Å². The number of thioether (sulfide) groups is 1. The lowest BCUT2D eigenvalue weighted by atomic mass is 10.0. The van der Waals surface area contributed by atoms with E-state index in [9.17, 15) is 4.79 Å². The van der Waals surface area contributed by atoms with E-state index in [-0.39, 0.29) is 11.2 Å². The number of nitrogens with one attached hydrogen (secondary N) is 1. The fraction of sp³-hybridized carbons (Fsp3) is 0.150. The lowest BCUT2D eigenvalue weighted by Gasteiger charge is -2.15. The van der Waals surface area contributed by atoms with Gasteiger partial charge in [0.1, 0.15) is 5.82 Å². The molecule has 4 aromatic rings. The Labute approximate surface area is 178 Å². The van der Waals surface area contributed by atoms with Crippen LogP contribution in [0.4, 0.5) is 5.82 Å². The van der Waals surface area contributed by atoms with Crippen LogP contribution in [-0.4, -0.2) is 26.4 Å². The van der Waals surface area contributed by atoms with Crippen molar-refractivity contribution in [2.45, 2.75) is 12.2 Å². The Bertz CT molecular complexity index is 1180. The van der Waals surface area contributed by atoms with Gasteiger partial charge in [0.05, 0.1) is 26.9 Å². The average Bonchev–Trinajstić information content (AvgIpc) is 3.18. The quantitative estimate of drug-likeness (QED) is 0.430. The second-order valence-electron chi connectivity index (χ2n) is 6.52. The first-order valence-electron chi connectivity index (χ1n) is 8.72. The molecular formula is C20H15BrN4OS2. The van der Waals surface area contributed by atoms with Gasteiger partial charge in [-0.2, -0.15) is 9.78 Å². The second-order valence-corrected chi connectivity index (χ2v) is 9.54. The van der Waals surface area contributed by atoms with Crippen molar-refractivity contribution < 1.29 is 4.79 Å². The molecule has 2 aromatic carbocycles. The van der Waals surface area contributed by atoms with E-state index in [1.54, 1.807) is 27.8 Å². The summed E-state index contributed by atoms with van der Waals surface area (Å²) in [6, 6.07) is 16.2. The van der Waals surface area contributed by atoms with E-state index in [1.165, 1.54) is 0 Å². The summed E-state index contributed by atoms with van der Waals surface area (Å²) in [4.78, 5) is 17.2. The number of carbonyl (C=O) groups excluding carboxylic acids is 1. The SMILES string of the molecule is Cc1nn(-c2nc3ccccc3s2)c2c1[C@H](c1cccc(Br)c1)SCC(=O)N2. The van der Waals surface area contributed by atoms with Gasteiger partial charge in [-0.15, -0.1) is 11.8 Å². The molecule has 0 radical (unpaired) electrons. The largest absolute Gasteiger partial charge is 0.310 e. The number of amides is 1. The lowest BCUT2D eigenvalue weighted by molar-refractivity contribution is -0.113. The van der Waals surface area contributed by atoms with Gasteiger partial charge in [-0.1, -0.05) is 51.5 Å². The number of carbonyl (C=O) groups is 1. The molecule has 5 nitrogen and oxygen atoms in total. The number of benzene rings is 2. The van der Waals surface area contributed by atoms with Gasteiger partial charge in [-0.3, -0.25) is 4.79 Å². The van der Waals surface area contributed by atoms with Crippen LogP contribution in [0.25, 0.3) is 15.3 Å². The topological polar surface area (TPSA) is 59.8 Å². The third-order valence-corrected chi connectivity index (χ3v) is 7.40. The van der Waals surface area contributed by atoms with Crippen molar-refractivity contribution in [3.8, 4) is 5.13 Å². The molecule has 2 aromatic heterocycles. The number of fused-ring (bicyclic) bond motifs is 2. The smallest absolute Gasteiger partial charge is 0.235 e. The summed E-state index contributed by atoms with van der Waals surface area (Å²) in [6.07, 6.45) is 0. The maximum absolute atomic E-state index is 12.5. The van der Waals surface area contributed by atoms with Crippen LogP contribution in [0.1, 0.15) is 22.1 Å². The molecular weight excluding hydrogens is 456 g/mol. The number of rotatable bonds is 2. The fourth-order valence-electron chi connectivity index (χ4n) is 3.41. The van der Waals surface area contributed by atoms with Crippen LogP contribution in [0.15, 0.2) is 53.0 Å². The van der Waals surface area contributed by atoms with Crippen LogP contribution in [0.2, 0.25) is 0 Å². The Kier molecular flexibility index (Phi) is 4.49. The van der Waals surface area contributed by atoms with Crippen molar-refractivity contribution >= 4 is 61.0 Å². The number of thiazole rings is 1. The van der Waals surface area contributed by atoms with E-state index in [4.69, 9.17) is 10.1 Å². The second kappa shape index (κ2) is 7.02. The van der Waals surface area contributed by atoms with Crippen LogP contribution >= 0.6 is 39.0 Å². The zero-order chi connectivity index (χ0) is 19.3. The van der Waals surface area contributed by atoms with Crippen molar-refractivity contribution in [3.63, 3.8) is 0 Å². The number of anilines is 1. The van der Waals surface area contributed by atoms with Gasteiger partial charge in [0, 0.05) is 10.0 Å². The summed E-state index contributed by atoms with van der Waals surface area (Å²) in [6.45, 7) is 1.99. The van der Waals surface area contributed by atoms with Gasteiger partial charge >= 0.3 is 0 Å². The molecule has 8 heteroatoms. The van der Waals surface area contributed by atoms with Crippen LogP contribution in [-0.2, 0) is 4.79 Å². The summed E-state index contributed by atoms with van der Waals surface area (Å²) in [5.41, 5.74) is 4.01. The minimum absolute atomic E-state index is 0.0222. The normalized spacial score (nSPS) is 16.6. The maximum atomic E-state index is 12.5. The number of aromatic nitrogens is 3. The van der Waals surface area contributed by atoms with Gasteiger partial charge in [0.15, 0.2) is 0 Å². The van der Waals surface area contributed by atoms with Gasteiger partial charge in [-0.05, 0) is 36.8 Å². The Balaban J connectivity index is 1.70. The molecule has 0 spiro atoms. The molecule has 0 saturated carbocycles. The molecule has 0 saturated heterocycles. The van der Waals surface area contributed by atoms with Crippen molar-refractivity contribution in [3.05, 3.63) is 69.8 Å². The first-order valence-corrected chi connectivity index (χ1v) is 11.4. The van der Waals surface area contributed by atoms with Crippen LogP contribution in [0.5, 0.6) is 0 Å². The van der Waals surface area contributed by atoms with Gasteiger partial charge < -0.3 is 5.32 Å². The molecule has 1 aliphatic rings. The summed E-state index contributed by atoms with van der Waals surface area (Å²) in [5, 5.41) is 8.60. The summed E-state index contributed by atoms with van der Waals surface area (Å²) >= 11 is 6.75. The molecule has 1 amide bonds. The first kappa shape index (κ1) is 17.9. The summed E-state index contributed by atoms with van der Waals surface area (Å²) in [7, 11) is 0. The zero-order valence-corrected chi connectivity index (χ0v) is 18.1. The molecule has 140 valence electrons. The number of hydrogen-bond donors (Lipinski definition) is 1. The van der Waals surface area contributed by atoms with Gasteiger partial charge in [0.2, 0.25) is 11.0 Å². The molecule has 5 rings (SSSR count). The van der Waals surface area contributed by atoms with Crippen molar-refractivity contribution in [2.24, 2.45) is 0 Å². The maximum Gasteiger partial charge on any atom is 0.235 e. The Hall–Kier alpha value is -2.16. The molecule has 0 fully saturated rings. The minimum Gasteiger partial charge on any atom is -0.310 e. The van der Waals surface area contributed by atoms with E-state index in [2.05, 4.69) is 33.4 Å². The highest BCUT2D eigenvalue weighted by Crippen LogP contribution is 2.44. The predicted molar refractivity (Wildman–Crippen MR) is 119 cm³/mol. The lowest BCUT2D eigenvalue weighted by Crippen LogP contribution is -2.15. The molecule has 1 aliphatic heterocycles. The molecule has 3 heterocycles. The first-order chi connectivity index (χ1) is 13.6.